The first-order valence-electron chi connectivity index (χ1n) is 11.6. The van der Waals surface area contributed by atoms with Gasteiger partial charge in [-0.15, -0.1) is 0 Å². The van der Waals surface area contributed by atoms with Crippen LogP contribution < -0.4 is 10.6 Å². The number of amides is 2. The van der Waals surface area contributed by atoms with Crippen LogP contribution in [0.4, 0.5) is 5.82 Å². The summed E-state index contributed by atoms with van der Waals surface area (Å²) in [6, 6.07) is 2.85. The molecular formula is C24H29ClN6O3. The Kier molecular flexibility index (Phi) is 7.31. The van der Waals surface area contributed by atoms with Gasteiger partial charge in [0.15, 0.2) is 0 Å². The van der Waals surface area contributed by atoms with E-state index in [-0.39, 0.29) is 17.7 Å². The number of aromatic nitrogens is 4. The van der Waals surface area contributed by atoms with E-state index in [2.05, 4.69) is 32.8 Å². The van der Waals surface area contributed by atoms with Gasteiger partial charge in [0, 0.05) is 18.8 Å². The van der Waals surface area contributed by atoms with Gasteiger partial charge in [0.2, 0.25) is 5.91 Å². The molecule has 0 unspecified atom stereocenters. The van der Waals surface area contributed by atoms with Crippen LogP contribution in [-0.2, 0) is 18.3 Å². The van der Waals surface area contributed by atoms with Crippen molar-refractivity contribution in [2.75, 3.05) is 5.32 Å². The van der Waals surface area contributed by atoms with Gasteiger partial charge in [0.05, 0.1) is 22.6 Å². The van der Waals surface area contributed by atoms with Crippen LogP contribution in [0.2, 0.25) is 5.02 Å². The average Bonchev–Trinajstić information content (AvgIpc) is 3.45. The van der Waals surface area contributed by atoms with Crippen molar-refractivity contribution in [2.45, 2.75) is 52.0 Å². The van der Waals surface area contributed by atoms with Crippen molar-refractivity contribution in [2.24, 2.45) is 18.9 Å². The van der Waals surface area contributed by atoms with E-state index in [0.717, 1.165) is 36.9 Å². The lowest BCUT2D eigenvalue weighted by molar-refractivity contribution is -0.119. The fraction of sp³-hybridized carbons (Fsp3) is 0.458. The molecule has 10 heteroatoms. The van der Waals surface area contributed by atoms with Crippen LogP contribution >= 0.6 is 11.6 Å². The standard InChI is InChI=1S/C24H29ClN6O3/c1-4-19-17(13-34-30-19)23(32)29-21(15-7-5-14(2)6-8-15)24(33)28-20-10-9-16(11-26-20)22-18(25)12-27-31(22)3/h9-15,21H,4-8H2,1-3H3,(H,29,32)(H,26,28,33)/t14-,15-,21-/m0/s1. The first-order valence-corrected chi connectivity index (χ1v) is 11.9. The predicted molar refractivity (Wildman–Crippen MR) is 128 cm³/mol. The first kappa shape index (κ1) is 23.9. The van der Waals surface area contributed by atoms with Crippen molar-refractivity contribution >= 4 is 29.2 Å². The van der Waals surface area contributed by atoms with Gasteiger partial charge in [-0.3, -0.25) is 14.3 Å². The number of rotatable bonds is 7. The number of aryl methyl sites for hydroxylation is 2. The Morgan fingerprint density at radius 3 is 2.62 bits per heavy atom. The lowest BCUT2D eigenvalue weighted by Gasteiger charge is -2.32. The molecule has 1 atom stereocenters. The van der Waals surface area contributed by atoms with Gasteiger partial charge in [-0.1, -0.05) is 43.4 Å². The van der Waals surface area contributed by atoms with Crippen LogP contribution in [0.25, 0.3) is 11.3 Å². The number of pyridine rings is 1. The largest absolute Gasteiger partial charge is 0.364 e. The summed E-state index contributed by atoms with van der Waals surface area (Å²) in [5.74, 6) is 0.410. The Morgan fingerprint density at radius 1 is 1.24 bits per heavy atom. The zero-order valence-electron chi connectivity index (χ0n) is 19.5. The van der Waals surface area contributed by atoms with Crippen LogP contribution in [0.1, 0.15) is 55.6 Å². The lowest BCUT2D eigenvalue weighted by atomic mass is 9.79. The average molecular weight is 485 g/mol. The van der Waals surface area contributed by atoms with Gasteiger partial charge in [0.25, 0.3) is 5.91 Å². The van der Waals surface area contributed by atoms with Crippen LogP contribution in [0.15, 0.2) is 35.3 Å². The Labute approximate surface area is 203 Å². The third-order valence-electron chi connectivity index (χ3n) is 6.51. The minimum absolute atomic E-state index is 0.0395. The van der Waals surface area contributed by atoms with Gasteiger partial charge in [-0.05, 0) is 43.2 Å². The summed E-state index contributed by atoms with van der Waals surface area (Å²) in [7, 11) is 1.80. The Bertz CT molecular complexity index is 1130. The maximum atomic E-state index is 13.3. The molecule has 9 nitrogen and oxygen atoms in total. The van der Waals surface area contributed by atoms with E-state index >= 15 is 0 Å². The third-order valence-corrected chi connectivity index (χ3v) is 6.78. The summed E-state index contributed by atoms with van der Waals surface area (Å²) in [6.07, 6.45) is 8.89. The Hall–Kier alpha value is -3.20. The van der Waals surface area contributed by atoms with Crippen molar-refractivity contribution in [3.8, 4) is 11.3 Å². The molecule has 3 heterocycles. The summed E-state index contributed by atoms with van der Waals surface area (Å²) in [5.41, 5.74) is 2.46. The molecule has 0 aliphatic heterocycles. The van der Waals surface area contributed by atoms with Crippen LogP contribution in [-0.4, -0.2) is 37.8 Å². The van der Waals surface area contributed by atoms with Crippen molar-refractivity contribution in [1.82, 2.24) is 25.2 Å². The fourth-order valence-electron chi connectivity index (χ4n) is 4.48. The highest BCUT2D eigenvalue weighted by atomic mass is 35.5. The summed E-state index contributed by atoms with van der Waals surface area (Å²) >= 11 is 6.22. The maximum Gasteiger partial charge on any atom is 0.257 e. The summed E-state index contributed by atoms with van der Waals surface area (Å²) in [5, 5.41) is 14.4. The molecule has 34 heavy (non-hydrogen) atoms. The number of hydrogen-bond donors (Lipinski definition) is 2. The highest BCUT2D eigenvalue weighted by molar-refractivity contribution is 6.33. The van der Waals surface area contributed by atoms with Crippen LogP contribution in [0, 0.1) is 11.8 Å². The van der Waals surface area contributed by atoms with E-state index in [0.29, 0.717) is 34.4 Å². The van der Waals surface area contributed by atoms with Crippen LogP contribution in [0.3, 0.4) is 0 Å². The molecule has 4 rings (SSSR count). The number of carbonyl (C=O) groups is 2. The van der Waals surface area contributed by atoms with E-state index in [1.165, 1.54) is 6.26 Å². The number of hydrogen-bond acceptors (Lipinski definition) is 6. The molecule has 0 saturated heterocycles. The summed E-state index contributed by atoms with van der Waals surface area (Å²) < 4.78 is 6.65. The molecule has 0 radical (unpaired) electrons. The number of anilines is 1. The third kappa shape index (κ3) is 5.14. The molecule has 3 aromatic heterocycles. The topological polar surface area (TPSA) is 115 Å². The number of nitrogens with zero attached hydrogens (tertiary/aromatic N) is 4. The summed E-state index contributed by atoms with van der Waals surface area (Å²) in [6.45, 7) is 4.11. The molecule has 1 aliphatic rings. The van der Waals surface area contributed by atoms with E-state index in [9.17, 15) is 9.59 Å². The molecule has 3 aromatic rings. The SMILES string of the molecule is CCc1nocc1C(=O)N[C@H](C(=O)Nc1ccc(-c2c(Cl)cnn2C)cn1)[C@H]1CC[C@H](C)CC1. The van der Waals surface area contributed by atoms with E-state index in [4.69, 9.17) is 16.1 Å². The molecule has 180 valence electrons. The smallest absolute Gasteiger partial charge is 0.257 e. The Morgan fingerprint density at radius 2 is 2.00 bits per heavy atom. The maximum absolute atomic E-state index is 13.3. The number of nitrogens with one attached hydrogen (secondary N) is 2. The first-order chi connectivity index (χ1) is 16.4. The van der Waals surface area contributed by atoms with Crippen molar-refractivity contribution in [3.63, 3.8) is 0 Å². The van der Waals surface area contributed by atoms with E-state index in [1.54, 1.807) is 30.2 Å². The number of halogens is 1. The fourth-order valence-corrected chi connectivity index (χ4v) is 4.76. The molecule has 2 amide bonds. The zero-order valence-corrected chi connectivity index (χ0v) is 20.3. The lowest BCUT2D eigenvalue weighted by Crippen LogP contribution is -2.49. The van der Waals surface area contributed by atoms with Gasteiger partial charge < -0.3 is 15.2 Å². The van der Waals surface area contributed by atoms with E-state index < -0.39 is 6.04 Å². The second kappa shape index (κ2) is 10.4. The highest BCUT2D eigenvalue weighted by Gasteiger charge is 2.33. The molecule has 2 N–H and O–H groups in total. The normalized spacial score (nSPS) is 18.9. The monoisotopic (exact) mass is 484 g/mol. The van der Waals surface area contributed by atoms with Crippen molar-refractivity contribution in [1.29, 1.82) is 0 Å². The Balaban J connectivity index is 1.51. The summed E-state index contributed by atoms with van der Waals surface area (Å²) in [4.78, 5) is 30.7. The van der Waals surface area contributed by atoms with Gasteiger partial charge >= 0.3 is 0 Å². The molecule has 1 aliphatic carbocycles. The minimum Gasteiger partial charge on any atom is -0.364 e. The minimum atomic E-state index is -0.687. The molecular weight excluding hydrogens is 456 g/mol. The second-order valence-corrected chi connectivity index (χ2v) is 9.29. The van der Waals surface area contributed by atoms with E-state index in [1.807, 2.05) is 13.0 Å². The molecule has 1 saturated carbocycles. The molecule has 0 bridgehead atoms. The highest BCUT2D eigenvalue weighted by Crippen LogP contribution is 2.31. The zero-order chi connectivity index (χ0) is 24.2. The molecule has 0 aromatic carbocycles. The van der Waals surface area contributed by atoms with Crippen molar-refractivity contribution in [3.05, 3.63) is 47.1 Å². The van der Waals surface area contributed by atoms with Gasteiger partial charge in [-0.25, -0.2) is 4.98 Å². The quantitative estimate of drug-likeness (QED) is 0.518. The molecule has 0 spiro atoms. The number of carbonyl (C=O) groups excluding carboxylic acids is 2. The predicted octanol–water partition coefficient (Wildman–Crippen LogP) is 4.25. The van der Waals surface area contributed by atoms with Gasteiger partial charge in [-0.2, -0.15) is 5.10 Å². The second-order valence-electron chi connectivity index (χ2n) is 8.89. The van der Waals surface area contributed by atoms with Crippen molar-refractivity contribution < 1.29 is 14.1 Å². The molecule has 1 fully saturated rings. The van der Waals surface area contributed by atoms with Crippen LogP contribution in [0.5, 0.6) is 0 Å². The van der Waals surface area contributed by atoms with Gasteiger partial charge in [0.1, 0.15) is 23.7 Å².